The molecule has 1 N–H and O–H groups in total. The van der Waals surface area contributed by atoms with Gasteiger partial charge in [-0.25, -0.2) is 0 Å². The summed E-state index contributed by atoms with van der Waals surface area (Å²) in [6.07, 6.45) is 1.19. The Kier molecular flexibility index (Phi) is 9.22. The fraction of sp³-hybridized carbons (Fsp3) is 0.632. The normalized spacial score (nSPS) is 15.8. The molecule has 1 fully saturated rings. The molecule has 6 heteroatoms. The van der Waals surface area contributed by atoms with E-state index in [1.165, 1.54) is 6.42 Å². The Morgan fingerprint density at radius 2 is 1.68 bits per heavy atom. The Labute approximate surface area is 163 Å². The van der Waals surface area contributed by atoms with E-state index in [0.29, 0.717) is 10.4 Å². The molecule has 1 aliphatic heterocycles. The Morgan fingerprint density at radius 1 is 1.08 bits per heavy atom. The molecule has 0 atom stereocenters. The minimum atomic E-state index is 0. The molecule has 0 saturated carbocycles. The molecule has 25 heavy (non-hydrogen) atoms. The average molecular weight is 388 g/mol. The third kappa shape index (κ3) is 7.95. The maximum absolute atomic E-state index is 12.5. The highest BCUT2D eigenvalue weighted by atomic mass is 35.5. The van der Waals surface area contributed by atoms with Crippen LogP contribution in [0.5, 0.6) is 0 Å². The maximum Gasteiger partial charge on any atom is 0.253 e. The lowest BCUT2D eigenvalue weighted by molar-refractivity contribution is 0.0638. The van der Waals surface area contributed by atoms with E-state index >= 15 is 0 Å². The van der Waals surface area contributed by atoms with E-state index in [1.807, 2.05) is 4.90 Å². The van der Waals surface area contributed by atoms with Crippen LogP contribution in [0.15, 0.2) is 24.3 Å². The van der Waals surface area contributed by atoms with Gasteiger partial charge in [0.2, 0.25) is 0 Å². The zero-order valence-corrected chi connectivity index (χ0v) is 17.1. The lowest BCUT2D eigenvalue weighted by Gasteiger charge is -2.34. The average Bonchev–Trinajstić information content (AvgIpc) is 2.54. The van der Waals surface area contributed by atoms with Crippen molar-refractivity contribution < 1.29 is 4.79 Å². The Bertz CT molecular complexity index is 520. The van der Waals surface area contributed by atoms with Gasteiger partial charge < -0.3 is 10.2 Å². The second kappa shape index (κ2) is 10.4. The van der Waals surface area contributed by atoms with E-state index in [9.17, 15) is 4.79 Å². The van der Waals surface area contributed by atoms with Crippen molar-refractivity contribution in [2.24, 2.45) is 5.41 Å². The molecule has 4 nitrogen and oxygen atoms in total. The summed E-state index contributed by atoms with van der Waals surface area (Å²) in [4.78, 5) is 16.8. The number of nitrogens with one attached hydrogen (secondary N) is 1. The van der Waals surface area contributed by atoms with Gasteiger partial charge in [-0.15, -0.1) is 12.4 Å². The molecule has 1 aromatic carbocycles. The Balaban J connectivity index is 0.00000312. The predicted molar refractivity (Wildman–Crippen MR) is 108 cm³/mol. The first-order valence-corrected chi connectivity index (χ1v) is 9.21. The molecule has 0 spiro atoms. The summed E-state index contributed by atoms with van der Waals surface area (Å²) < 4.78 is 0. The Hall–Kier alpha value is -0.810. The summed E-state index contributed by atoms with van der Waals surface area (Å²) in [6.45, 7) is 13.4. The first-order valence-electron chi connectivity index (χ1n) is 8.83. The van der Waals surface area contributed by atoms with Crippen LogP contribution in [-0.2, 0) is 0 Å². The molecular weight excluding hydrogens is 357 g/mol. The molecule has 0 aromatic heterocycles. The van der Waals surface area contributed by atoms with Crippen LogP contribution in [0.25, 0.3) is 0 Å². The summed E-state index contributed by atoms with van der Waals surface area (Å²) >= 11 is 5.88. The number of halogens is 2. The van der Waals surface area contributed by atoms with Gasteiger partial charge in [0.25, 0.3) is 5.91 Å². The van der Waals surface area contributed by atoms with Crippen LogP contribution in [0, 0.1) is 5.41 Å². The molecule has 1 heterocycles. The number of carbonyl (C=O) groups excluding carboxylic acids is 1. The second-order valence-corrected chi connectivity index (χ2v) is 8.14. The van der Waals surface area contributed by atoms with Crippen LogP contribution < -0.4 is 5.32 Å². The van der Waals surface area contributed by atoms with Crippen molar-refractivity contribution in [3.63, 3.8) is 0 Å². The van der Waals surface area contributed by atoms with E-state index in [0.717, 1.165) is 51.4 Å². The van der Waals surface area contributed by atoms with Gasteiger partial charge in [0.15, 0.2) is 0 Å². The fourth-order valence-corrected chi connectivity index (χ4v) is 2.90. The third-order valence-corrected chi connectivity index (χ3v) is 4.66. The predicted octanol–water partition coefficient (Wildman–Crippen LogP) is 3.55. The van der Waals surface area contributed by atoms with Gasteiger partial charge in [-0.05, 0) is 42.6 Å². The first-order chi connectivity index (χ1) is 11.3. The molecule has 1 aromatic rings. The fourth-order valence-electron chi connectivity index (χ4n) is 2.78. The van der Waals surface area contributed by atoms with Crippen LogP contribution in [0.2, 0.25) is 5.02 Å². The Morgan fingerprint density at radius 3 is 2.24 bits per heavy atom. The van der Waals surface area contributed by atoms with E-state index < -0.39 is 0 Å². The number of rotatable bonds is 6. The summed E-state index contributed by atoms with van der Waals surface area (Å²) in [7, 11) is 0. The second-order valence-electron chi connectivity index (χ2n) is 7.70. The van der Waals surface area contributed by atoms with Crippen molar-refractivity contribution >= 4 is 29.9 Å². The van der Waals surface area contributed by atoms with E-state index in [2.05, 4.69) is 31.0 Å². The van der Waals surface area contributed by atoms with Crippen molar-refractivity contribution in [2.45, 2.75) is 27.2 Å². The number of amides is 1. The largest absolute Gasteiger partial charge is 0.336 e. The van der Waals surface area contributed by atoms with Crippen LogP contribution >= 0.6 is 24.0 Å². The number of nitrogens with zero attached hydrogens (tertiary/aromatic N) is 2. The smallest absolute Gasteiger partial charge is 0.253 e. The highest BCUT2D eigenvalue weighted by molar-refractivity contribution is 6.30. The maximum atomic E-state index is 12.5. The third-order valence-electron chi connectivity index (χ3n) is 4.41. The van der Waals surface area contributed by atoms with Gasteiger partial charge in [-0.2, -0.15) is 0 Å². The number of hydrogen-bond acceptors (Lipinski definition) is 3. The molecule has 0 aliphatic carbocycles. The van der Waals surface area contributed by atoms with Crippen molar-refractivity contribution in [3.05, 3.63) is 34.9 Å². The summed E-state index contributed by atoms with van der Waals surface area (Å²) in [5, 5.41) is 4.18. The topological polar surface area (TPSA) is 35.6 Å². The number of hydrogen-bond donors (Lipinski definition) is 1. The zero-order chi connectivity index (χ0) is 17.6. The van der Waals surface area contributed by atoms with Crippen LogP contribution in [-0.4, -0.2) is 61.5 Å². The molecule has 142 valence electrons. The van der Waals surface area contributed by atoms with Crippen molar-refractivity contribution in [1.82, 2.24) is 15.1 Å². The molecule has 0 radical (unpaired) electrons. The van der Waals surface area contributed by atoms with Gasteiger partial charge in [0.05, 0.1) is 0 Å². The van der Waals surface area contributed by atoms with Crippen LogP contribution in [0.4, 0.5) is 0 Å². The number of piperazine rings is 1. The van der Waals surface area contributed by atoms with E-state index in [4.69, 9.17) is 11.6 Å². The van der Waals surface area contributed by atoms with Gasteiger partial charge in [0, 0.05) is 49.9 Å². The van der Waals surface area contributed by atoms with E-state index in [1.54, 1.807) is 24.3 Å². The van der Waals surface area contributed by atoms with Gasteiger partial charge in [-0.3, -0.25) is 9.69 Å². The van der Waals surface area contributed by atoms with Crippen molar-refractivity contribution in [2.75, 3.05) is 45.8 Å². The monoisotopic (exact) mass is 387 g/mol. The quantitative estimate of drug-likeness (QED) is 0.758. The minimum absolute atomic E-state index is 0. The summed E-state index contributed by atoms with van der Waals surface area (Å²) in [6, 6.07) is 7.15. The van der Waals surface area contributed by atoms with Gasteiger partial charge in [-0.1, -0.05) is 32.4 Å². The van der Waals surface area contributed by atoms with Gasteiger partial charge in [0.1, 0.15) is 0 Å². The molecule has 1 amide bonds. The SMILES string of the molecule is CC(C)(C)CCNCCN1CCN(C(=O)c2ccc(Cl)cc2)CC1.Cl. The highest BCUT2D eigenvalue weighted by Gasteiger charge is 2.21. The molecule has 1 aliphatic rings. The van der Waals surface area contributed by atoms with Crippen LogP contribution in [0.3, 0.4) is 0 Å². The highest BCUT2D eigenvalue weighted by Crippen LogP contribution is 2.17. The summed E-state index contributed by atoms with van der Waals surface area (Å²) in [5.41, 5.74) is 1.11. The van der Waals surface area contributed by atoms with E-state index in [-0.39, 0.29) is 18.3 Å². The van der Waals surface area contributed by atoms with Crippen molar-refractivity contribution in [1.29, 1.82) is 0 Å². The number of benzene rings is 1. The zero-order valence-electron chi connectivity index (χ0n) is 15.6. The minimum Gasteiger partial charge on any atom is -0.336 e. The lowest BCUT2D eigenvalue weighted by atomic mass is 9.92. The van der Waals surface area contributed by atoms with Gasteiger partial charge >= 0.3 is 0 Å². The first kappa shape index (κ1) is 22.2. The summed E-state index contributed by atoms with van der Waals surface area (Å²) in [5.74, 6) is 0.106. The molecule has 0 bridgehead atoms. The molecule has 0 unspecified atom stereocenters. The lowest BCUT2D eigenvalue weighted by Crippen LogP contribution is -2.50. The number of carbonyl (C=O) groups is 1. The van der Waals surface area contributed by atoms with Crippen molar-refractivity contribution in [3.8, 4) is 0 Å². The molecule has 1 saturated heterocycles. The molecule has 2 rings (SSSR count). The standard InChI is InChI=1S/C19H30ClN3O.ClH/c1-19(2,3)8-9-21-10-11-22-12-14-23(15-13-22)18(24)16-4-6-17(20)7-5-16;/h4-7,21H,8-15H2,1-3H3;1H. The van der Waals surface area contributed by atoms with Crippen LogP contribution in [0.1, 0.15) is 37.6 Å². The molecular formula is C19H31Cl2N3O.